The van der Waals surface area contributed by atoms with Crippen LogP contribution in [0.15, 0.2) is 0 Å². The molecule has 0 aromatic heterocycles. The van der Waals surface area contributed by atoms with E-state index in [0.29, 0.717) is 0 Å². The van der Waals surface area contributed by atoms with Crippen molar-refractivity contribution in [3.05, 3.63) is 0 Å². The summed E-state index contributed by atoms with van der Waals surface area (Å²) in [6, 6.07) is 0. The van der Waals surface area contributed by atoms with E-state index >= 15 is 0 Å². The number of nitrogens with one attached hydrogen (secondary N) is 1. The van der Waals surface area contributed by atoms with Crippen LogP contribution in [-0.4, -0.2) is 13.1 Å². The summed E-state index contributed by atoms with van der Waals surface area (Å²) in [4.78, 5) is 0. The fourth-order valence-electron chi connectivity index (χ4n) is 3.13. The van der Waals surface area contributed by atoms with Gasteiger partial charge in [0, 0.05) is 0 Å². The van der Waals surface area contributed by atoms with Crippen molar-refractivity contribution in [2.24, 2.45) is 23.7 Å². The number of hydrogen-bond donors (Lipinski definition) is 1. The topological polar surface area (TPSA) is 12.0 Å². The summed E-state index contributed by atoms with van der Waals surface area (Å²) in [5, 5.41) is 3.49. The van der Waals surface area contributed by atoms with E-state index in [1.807, 2.05) is 0 Å². The SMILES string of the molecule is C1CC2C1C1CNCC21. The molecule has 0 bridgehead atoms. The molecule has 2 saturated carbocycles. The Labute approximate surface area is 55.8 Å². The highest BCUT2D eigenvalue weighted by atomic mass is 15.0. The molecule has 1 nitrogen and oxygen atoms in total. The quantitative estimate of drug-likeness (QED) is 0.504. The Morgan fingerprint density at radius 3 is 1.78 bits per heavy atom. The van der Waals surface area contributed by atoms with Crippen molar-refractivity contribution >= 4 is 0 Å². The van der Waals surface area contributed by atoms with Gasteiger partial charge < -0.3 is 5.32 Å². The first-order valence-corrected chi connectivity index (χ1v) is 4.17. The second-order valence-electron chi connectivity index (χ2n) is 3.89. The van der Waals surface area contributed by atoms with Gasteiger partial charge in [-0.1, -0.05) is 0 Å². The fraction of sp³-hybridized carbons (Fsp3) is 1.00. The van der Waals surface area contributed by atoms with Gasteiger partial charge in [-0.25, -0.2) is 0 Å². The first-order chi connectivity index (χ1) is 4.47. The van der Waals surface area contributed by atoms with Gasteiger partial charge in [-0.05, 0) is 49.6 Å². The summed E-state index contributed by atoms with van der Waals surface area (Å²) in [6.45, 7) is 2.68. The Hall–Kier alpha value is -0.0400. The maximum atomic E-state index is 3.49. The molecule has 4 unspecified atom stereocenters. The van der Waals surface area contributed by atoms with Crippen molar-refractivity contribution in [2.45, 2.75) is 12.8 Å². The molecule has 2 aliphatic carbocycles. The Kier molecular flexibility index (Phi) is 0.704. The molecule has 0 spiro atoms. The van der Waals surface area contributed by atoms with Crippen molar-refractivity contribution in [3.8, 4) is 0 Å². The van der Waals surface area contributed by atoms with E-state index in [1.54, 1.807) is 12.8 Å². The lowest BCUT2D eigenvalue weighted by atomic mass is 9.48. The lowest BCUT2D eigenvalue weighted by Crippen LogP contribution is -2.52. The van der Waals surface area contributed by atoms with Gasteiger partial charge in [0.15, 0.2) is 0 Å². The Balaban J connectivity index is 1.85. The maximum absolute atomic E-state index is 3.49. The minimum atomic E-state index is 1.11. The molecule has 1 aliphatic heterocycles. The molecule has 0 aromatic rings. The summed E-state index contributed by atoms with van der Waals surface area (Å²) in [6.07, 6.45) is 3.10. The van der Waals surface area contributed by atoms with Gasteiger partial charge in [-0.15, -0.1) is 0 Å². The van der Waals surface area contributed by atoms with Crippen LogP contribution in [0, 0.1) is 23.7 Å². The van der Waals surface area contributed by atoms with Crippen molar-refractivity contribution < 1.29 is 0 Å². The zero-order valence-electron chi connectivity index (χ0n) is 5.64. The average Bonchev–Trinajstić information content (AvgIpc) is 2.13. The van der Waals surface area contributed by atoms with Gasteiger partial charge in [0.1, 0.15) is 0 Å². The summed E-state index contributed by atoms with van der Waals surface area (Å²) < 4.78 is 0. The van der Waals surface area contributed by atoms with Crippen LogP contribution >= 0.6 is 0 Å². The monoisotopic (exact) mass is 123 g/mol. The van der Waals surface area contributed by atoms with Crippen molar-refractivity contribution in [1.29, 1.82) is 0 Å². The smallest absolute Gasteiger partial charge is 0.00144 e. The van der Waals surface area contributed by atoms with E-state index in [4.69, 9.17) is 0 Å². The number of rotatable bonds is 0. The van der Waals surface area contributed by atoms with Gasteiger partial charge in [-0.3, -0.25) is 0 Å². The minimum Gasteiger partial charge on any atom is -0.316 e. The molecule has 1 heteroatoms. The van der Waals surface area contributed by atoms with Crippen LogP contribution in [0.4, 0.5) is 0 Å². The standard InChI is InChI=1S/C8H13N/c1-2-6-5(1)7-3-9-4-8(6)7/h5-9H,1-4H2. The fourth-order valence-corrected chi connectivity index (χ4v) is 3.13. The van der Waals surface area contributed by atoms with Crippen LogP contribution in [0.3, 0.4) is 0 Å². The van der Waals surface area contributed by atoms with Gasteiger partial charge in [0.25, 0.3) is 0 Å². The third kappa shape index (κ3) is 0.389. The maximum Gasteiger partial charge on any atom is -0.00144 e. The van der Waals surface area contributed by atoms with Crippen LogP contribution in [-0.2, 0) is 0 Å². The first-order valence-electron chi connectivity index (χ1n) is 4.17. The molecule has 50 valence electrons. The molecular weight excluding hydrogens is 110 g/mol. The largest absolute Gasteiger partial charge is 0.316 e. The first kappa shape index (κ1) is 4.73. The lowest BCUT2D eigenvalue weighted by Gasteiger charge is -2.56. The molecule has 1 heterocycles. The second kappa shape index (κ2) is 1.34. The highest BCUT2D eigenvalue weighted by Crippen LogP contribution is 2.59. The molecule has 3 aliphatic rings. The summed E-state index contributed by atoms with van der Waals surface area (Å²) in [7, 11) is 0. The molecule has 9 heavy (non-hydrogen) atoms. The van der Waals surface area contributed by atoms with E-state index in [1.165, 1.54) is 24.9 Å². The minimum absolute atomic E-state index is 1.11. The average molecular weight is 123 g/mol. The number of hydrogen-bond acceptors (Lipinski definition) is 1. The molecule has 1 N–H and O–H groups in total. The van der Waals surface area contributed by atoms with Crippen LogP contribution in [0.5, 0.6) is 0 Å². The van der Waals surface area contributed by atoms with Crippen molar-refractivity contribution in [2.75, 3.05) is 13.1 Å². The molecular formula is C8H13N. The molecule has 0 radical (unpaired) electrons. The predicted molar refractivity (Wildman–Crippen MR) is 36.1 cm³/mol. The molecule has 0 amide bonds. The van der Waals surface area contributed by atoms with Crippen LogP contribution in [0.25, 0.3) is 0 Å². The molecule has 3 fully saturated rings. The van der Waals surface area contributed by atoms with E-state index in [9.17, 15) is 0 Å². The summed E-state index contributed by atoms with van der Waals surface area (Å²) in [5.41, 5.74) is 0. The van der Waals surface area contributed by atoms with Gasteiger partial charge in [0.2, 0.25) is 0 Å². The predicted octanol–water partition coefficient (Wildman–Crippen LogP) is 0.862. The van der Waals surface area contributed by atoms with Crippen LogP contribution in [0.1, 0.15) is 12.8 Å². The normalized spacial score (nSPS) is 61.3. The molecule has 0 aromatic carbocycles. The van der Waals surface area contributed by atoms with E-state index in [0.717, 1.165) is 11.8 Å². The Morgan fingerprint density at radius 1 is 0.778 bits per heavy atom. The lowest BCUT2D eigenvalue weighted by molar-refractivity contribution is -0.0699. The number of fused-ring (bicyclic) bond motifs is 4. The third-order valence-electron chi connectivity index (χ3n) is 3.79. The molecule has 4 atom stereocenters. The Bertz CT molecular complexity index is 128. The van der Waals surface area contributed by atoms with Crippen LogP contribution in [0.2, 0.25) is 0 Å². The highest BCUT2D eigenvalue weighted by molar-refractivity contribution is 5.07. The molecule has 3 rings (SSSR count). The van der Waals surface area contributed by atoms with Gasteiger partial charge >= 0.3 is 0 Å². The highest BCUT2D eigenvalue weighted by Gasteiger charge is 2.56. The van der Waals surface area contributed by atoms with E-state index < -0.39 is 0 Å². The molecule has 1 saturated heterocycles. The van der Waals surface area contributed by atoms with E-state index in [2.05, 4.69) is 5.32 Å². The van der Waals surface area contributed by atoms with Gasteiger partial charge in [0.05, 0.1) is 0 Å². The second-order valence-corrected chi connectivity index (χ2v) is 3.89. The van der Waals surface area contributed by atoms with Crippen molar-refractivity contribution in [1.82, 2.24) is 5.32 Å². The summed E-state index contributed by atoms with van der Waals surface area (Å²) >= 11 is 0. The van der Waals surface area contributed by atoms with E-state index in [-0.39, 0.29) is 0 Å². The van der Waals surface area contributed by atoms with Crippen LogP contribution < -0.4 is 5.32 Å². The van der Waals surface area contributed by atoms with Crippen molar-refractivity contribution in [3.63, 3.8) is 0 Å². The summed E-state index contributed by atoms with van der Waals surface area (Å²) in [5.74, 6) is 4.57. The zero-order chi connectivity index (χ0) is 5.84. The third-order valence-corrected chi connectivity index (χ3v) is 3.79. The Morgan fingerprint density at radius 2 is 1.33 bits per heavy atom. The zero-order valence-corrected chi connectivity index (χ0v) is 5.64. The van der Waals surface area contributed by atoms with Gasteiger partial charge in [-0.2, -0.15) is 0 Å².